The fraction of sp³-hybridized carbons (Fsp3) is 0.467. The fourth-order valence-electron chi connectivity index (χ4n) is 6.04. The van der Waals surface area contributed by atoms with Crippen LogP contribution in [0.4, 0.5) is 16.2 Å². The van der Waals surface area contributed by atoms with Crippen molar-refractivity contribution in [3.8, 4) is 0 Å². The molecular weight excluding hydrogens is 494 g/mol. The highest BCUT2D eigenvalue weighted by molar-refractivity contribution is 6.15. The highest BCUT2D eigenvalue weighted by Gasteiger charge is 2.37. The van der Waals surface area contributed by atoms with E-state index in [1.54, 1.807) is 13.2 Å². The molecule has 3 aliphatic heterocycles. The second kappa shape index (κ2) is 11.6. The summed E-state index contributed by atoms with van der Waals surface area (Å²) in [5, 5.41) is 5.51. The number of aryl methyl sites for hydroxylation is 2. The molecule has 6 rings (SSSR count). The molecule has 2 N–H and O–H groups in total. The molecule has 4 aliphatic rings. The van der Waals surface area contributed by atoms with Gasteiger partial charge in [-0.1, -0.05) is 30.3 Å². The number of para-hydroxylation sites is 1. The van der Waals surface area contributed by atoms with E-state index in [1.807, 2.05) is 55.1 Å². The number of aliphatic imine (C=N–C) groups is 1. The fourth-order valence-corrected chi connectivity index (χ4v) is 6.04. The van der Waals surface area contributed by atoms with E-state index in [1.165, 1.54) is 4.90 Å². The first-order chi connectivity index (χ1) is 18.8. The van der Waals surface area contributed by atoms with Crippen LogP contribution in [0.5, 0.6) is 0 Å². The number of anilines is 2. The van der Waals surface area contributed by atoms with Gasteiger partial charge in [0.1, 0.15) is 6.54 Å². The van der Waals surface area contributed by atoms with Crippen LogP contribution in [0.25, 0.3) is 0 Å². The Morgan fingerprint density at radius 1 is 1.03 bits per heavy atom. The number of amides is 4. The van der Waals surface area contributed by atoms with Crippen LogP contribution in [0, 0.1) is 25.7 Å². The predicted molar refractivity (Wildman–Crippen MR) is 151 cm³/mol. The number of methoxy groups -OCH3 is 1. The van der Waals surface area contributed by atoms with Crippen LogP contribution < -0.4 is 15.5 Å². The van der Waals surface area contributed by atoms with Crippen LogP contribution >= 0.6 is 0 Å². The summed E-state index contributed by atoms with van der Waals surface area (Å²) in [5.74, 6) is 0.521. The second-order valence-electron chi connectivity index (χ2n) is 11.0. The summed E-state index contributed by atoms with van der Waals surface area (Å²) in [6.07, 6.45) is 3.43. The minimum absolute atomic E-state index is 0.0745. The first kappa shape index (κ1) is 26.9. The van der Waals surface area contributed by atoms with Crippen molar-refractivity contribution in [1.29, 1.82) is 0 Å². The molecule has 3 fully saturated rings. The number of carbonyl (C=O) groups excluding carboxylic acids is 3. The van der Waals surface area contributed by atoms with Gasteiger partial charge in [-0.25, -0.2) is 4.79 Å². The Hall–Kier alpha value is -3.72. The molecule has 0 aromatic heterocycles. The molecule has 0 radical (unpaired) electrons. The number of urea groups is 1. The van der Waals surface area contributed by atoms with Gasteiger partial charge in [0.25, 0.3) is 5.91 Å². The van der Waals surface area contributed by atoms with E-state index in [0.29, 0.717) is 28.9 Å². The van der Waals surface area contributed by atoms with E-state index in [2.05, 4.69) is 15.6 Å². The van der Waals surface area contributed by atoms with E-state index in [0.717, 1.165) is 55.5 Å². The van der Waals surface area contributed by atoms with Crippen LogP contribution in [-0.2, 0) is 14.3 Å². The maximum atomic E-state index is 14.0. The number of nitrogens with zero attached hydrogens (tertiary/aromatic N) is 3. The van der Waals surface area contributed by atoms with Crippen molar-refractivity contribution >= 4 is 34.9 Å². The van der Waals surface area contributed by atoms with Crippen LogP contribution in [0.3, 0.4) is 0 Å². The zero-order valence-electron chi connectivity index (χ0n) is 22.9. The number of nitrogens with one attached hydrogen (secondary N) is 2. The lowest BCUT2D eigenvalue weighted by molar-refractivity contribution is -0.132. The number of fused-ring (bicyclic) bond motifs is 5. The lowest BCUT2D eigenvalue weighted by Gasteiger charge is -2.30. The molecule has 2 saturated heterocycles. The molecule has 4 amide bonds. The van der Waals surface area contributed by atoms with Crippen molar-refractivity contribution in [2.75, 3.05) is 43.6 Å². The quantitative estimate of drug-likeness (QED) is 0.590. The normalized spacial score (nSPS) is 22.5. The molecule has 39 heavy (non-hydrogen) atoms. The summed E-state index contributed by atoms with van der Waals surface area (Å²) >= 11 is 0. The van der Waals surface area contributed by atoms with Crippen LogP contribution in [0.15, 0.2) is 47.5 Å². The molecule has 2 aromatic rings. The maximum Gasteiger partial charge on any atom is 0.321 e. The third-order valence-corrected chi connectivity index (χ3v) is 8.00. The SMILES string of the molecule is COCC1=NC(NC(=O)Nc2cccc(C)c2)C(=O)N(CC(=O)N2CC3CCC(CC3)C2)c2c(C)cccc21. The van der Waals surface area contributed by atoms with E-state index in [4.69, 9.17) is 4.74 Å². The van der Waals surface area contributed by atoms with Gasteiger partial charge < -0.3 is 20.3 Å². The van der Waals surface area contributed by atoms with Crippen LogP contribution in [0.1, 0.15) is 42.4 Å². The molecular formula is C30H37N5O4. The molecule has 1 atom stereocenters. The number of ether oxygens (including phenoxy) is 1. The Kier molecular flexibility index (Phi) is 7.97. The van der Waals surface area contributed by atoms with Gasteiger partial charge in [-0.2, -0.15) is 0 Å². The Morgan fingerprint density at radius 3 is 2.38 bits per heavy atom. The molecule has 9 heteroatoms. The molecule has 2 aromatic carbocycles. The first-order valence-electron chi connectivity index (χ1n) is 13.7. The monoisotopic (exact) mass is 531 g/mol. The van der Waals surface area contributed by atoms with Crippen molar-refractivity contribution in [2.45, 2.75) is 45.7 Å². The van der Waals surface area contributed by atoms with Gasteiger partial charge in [0.15, 0.2) is 0 Å². The molecule has 206 valence electrons. The summed E-state index contributed by atoms with van der Waals surface area (Å²) in [5.41, 5.74) is 4.34. The Balaban J connectivity index is 1.44. The van der Waals surface area contributed by atoms with Gasteiger partial charge in [0, 0.05) is 31.5 Å². The van der Waals surface area contributed by atoms with E-state index < -0.39 is 18.1 Å². The highest BCUT2D eigenvalue weighted by Crippen LogP contribution is 2.35. The first-order valence-corrected chi connectivity index (χ1v) is 13.7. The molecule has 1 aliphatic carbocycles. The molecule has 1 unspecified atom stereocenters. The molecule has 9 nitrogen and oxygen atoms in total. The number of hydrogen-bond donors (Lipinski definition) is 2. The second-order valence-corrected chi connectivity index (χ2v) is 11.0. The predicted octanol–water partition coefficient (Wildman–Crippen LogP) is 3.88. The van der Waals surface area contributed by atoms with Crippen LogP contribution in [0.2, 0.25) is 0 Å². The zero-order valence-corrected chi connectivity index (χ0v) is 22.9. The van der Waals surface area contributed by atoms with Crippen molar-refractivity contribution in [1.82, 2.24) is 10.2 Å². The smallest absolute Gasteiger partial charge is 0.321 e. The summed E-state index contributed by atoms with van der Waals surface area (Å²) in [4.78, 5) is 48.8. The Bertz CT molecular complexity index is 1270. The average molecular weight is 532 g/mol. The number of carbonyl (C=O) groups is 3. The largest absolute Gasteiger partial charge is 0.378 e. The van der Waals surface area contributed by atoms with Gasteiger partial charge in [0.05, 0.1) is 18.0 Å². The van der Waals surface area contributed by atoms with Crippen molar-refractivity contribution in [3.05, 3.63) is 59.2 Å². The number of rotatable bonds is 6. The Morgan fingerprint density at radius 2 is 1.72 bits per heavy atom. The highest BCUT2D eigenvalue weighted by atomic mass is 16.5. The molecule has 3 heterocycles. The summed E-state index contributed by atoms with van der Waals surface area (Å²) in [6, 6.07) is 12.5. The molecule has 2 bridgehead atoms. The van der Waals surface area contributed by atoms with E-state index in [9.17, 15) is 14.4 Å². The van der Waals surface area contributed by atoms with Crippen LogP contribution in [-0.4, -0.2) is 68.0 Å². The number of benzodiazepines with no additional fused rings is 1. The van der Waals surface area contributed by atoms with E-state index >= 15 is 0 Å². The van der Waals surface area contributed by atoms with Crippen molar-refractivity contribution in [3.63, 3.8) is 0 Å². The lowest BCUT2D eigenvalue weighted by atomic mass is 9.84. The minimum Gasteiger partial charge on any atom is -0.378 e. The summed E-state index contributed by atoms with van der Waals surface area (Å²) in [7, 11) is 1.56. The molecule has 0 spiro atoms. The lowest BCUT2D eigenvalue weighted by Crippen LogP contribution is -2.52. The number of hydrogen-bond acceptors (Lipinski definition) is 5. The maximum absolute atomic E-state index is 14.0. The summed E-state index contributed by atoms with van der Waals surface area (Å²) in [6.45, 7) is 5.37. The van der Waals surface area contributed by atoms with Gasteiger partial charge in [-0.05, 0) is 74.6 Å². The summed E-state index contributed by atoms with van der Waals surface area (Å²) < 4.78 is 5.42. The van der Waals surface area contributed by atoms with E-state index in [-0.39, 0.29) is 19.1 Å². The molecule has 1 saturated carbocycles. The topological polar surface area (TPSA) is 103 Å². The van der Waals surface area contributed by atoms with Crippen molar-refractivity contribution < 1.29 is 19.1 Å². The van der Waals surface area contributed by atoms with Crippen molar-refractivity contribution in [2.24, 2.45) is 16.8 Å². The minimum atomic E-state index is -1.22. The van der Waals surface area contributed by atoms with Gasteiger partial charge in [0.2, 0.25) is 12.1 Å². The Labute approximate surface area is 229 Å². The third kappa shape index (κ3) is 5.98. The van der Waals surface area contributed by atoms with Gasteiger partial charge >= 0.3 is 6.03 Å². The standard InChI is InChI=1S/C30H37N5O4/c1-19-6-4-8-23(14-19)31-30(38)33-28-29(37)35(17-26(36)34-15-21-10-11-22(16-34)13-12-21)27-20(2)7-5-9-24(27)25(32-28)18-39-3/h4-9,14,21-22,28H,10-13,15-18H2,1-3H3,(H2,31,33,38). The third-order valence-electron chi connectivity index (χ3n) is 8.00. The van der Waals surface area contributed by atoms with Gasteiger partial charge in [-0.3, -0.25) is 19.5 Å². The average Bonchev–Trinajstić information content (AvgIpc) is 3.29. The number of benzene rings is 2. The van der Waals surface area contributed by atoms with Gasteiger partial charge in [-0.15, -0.1) is 0 Å². The zero-order chi connectivity index (χ0) is 27.5.